The van der Waals surface area contributed by atoms with Crippen molar-refractivity contribution < 1.29 is 0 Å². The summed E-state index contributed by atoms with van der Waals surface area (Å²) < 4.78 is 1.22. The molecule has 1 aromatic carbocycles. The first-order chi connectivity index (χ1) is 6.15. The molecule has 0 aliphatic rings. The molecule has 70 valence electrons. The van der Waals surface area contributed by atoms with E-state index in [0.717, 1.165) is 6.42 Å². The van der Waals surface area contributed by atoms with Gasteiger partial charge in [-0.2, -0.15) is 0 Å². The first kappa shape index (κ1) is 10.5. The lowest BCUT2D eigenvalue weighted by molar-refractivity contribution is 1.23. The summed E-state index contributed by atoms with van der Waals surface area (Å²) in [6.07, 6.45) is 5.45. The first-order valence-corrected chi connectivity index (χ1v) is 5.37. The van der Waals surface area contributed by atoms with E-state index in [4.69, 9.17) is 0 Å². The van der Waals surface area contributed by atoms with E-state index < -0.39 is 0 Å². The minimum absolute atomic E-state index is 1.09. The summed E-state index contributed by atoms with van der Waals surface area (Å²) in [5, 5.41) is 0. The molecule has 0 spiro atoms. The Bertz CT molecular complexity index is 301. The molecule has 0 bridgehead atoms. The highest BCUT2D eigenvalue weighted by molar-refractivity contribution is 9.10. The second-order valence-corrected chi connectivity index (χ2v) is 4.07. The lowest BCUT2D eigenvalue weighted by Crippen LogP contribution is -1.83. The van der Waals surface area contributed by atoms with Gasteiger partial charge in [-0.15, -0.1) is 0 Å². The van der Waals surface area contributed by atoms with Gasteiger partial charge in [-0.3, -0.25) is 0 Å². The molecular formula is C12H15Br. The van der Waals surface area contributed by atoms with E-state index >= 15 is 0 Å². The van der Waals surface area contributed by atoms with Crippen molar-refractivity contribution in [1.82, 2.24) is 0 Å². The second-order valence-electron chi connectivity index (χ2n) is 3.28. The van der Waals surface area contributed by atoms with Crippen LogP contribution in [0.25, 0.3) is 6.08 Å². The van der Waals surface area contributed by atoms with E-state index in [1.54, 1.807) is 0 Å². The molecule has 0 radical (unpaired) electrons. The van der Waals surface area contributed by atoms with Gasteiger partial charge in [-0.25, -0.2) is 0 Å². The van der Waals surface area contributed by atoms with Crippen molar-refractivity contribution in [2.75, 3.05) is 0 Å². The smallest absolute Gasteiger partial charge is 0.0234 e. The Morgan fingerprint density at radius 1 is 1.23 bits per heavy atom. The molecule has 0 saturated carbocycles. The van der Waals surface area contributed by atoms with E-state index in [1.807, 2.05) is 0 Å². The molecule has 1 heteroatoms. The zero-order valence-corrected chi connectivity index (χ0v) is 9.98. The predicted molar refractivity (Wildman–Crippen MR) is 62.9 cm³/mol. The summed E-state index contributed by atoms with van der Waals surface area (Å²) in [6.45, 7) is 6.40. The quantitative estimate of drug-likeness (QED) is 0.713. The zero-order chi connectivity index (χ0) is 9.84. The normalized spacial score (nSPS) is 11.1. The van der Waals surface area contributed by atoms with Gasteiger partial charge in [0.2, 0.25) is 0 Å². The molecule has 0 saturated heterocycles. The van der Waals surface area contributed by atoms with Crippen molar-refractivity contribution in [3.05, 3.63) is 39.4 Å². The van der Waals surface area contributed by atoms with Crippen LogP contribution in [0.3, 0.4) is 0 Å². The van der Waals surface area contributed by atoms with Crippen LogP contribution < -0.4 is 0 Å². The maximum atomic E-state index is 3.56. The maximum absolute atomic E-state index is 3.56. The van der Waals surface area contributed by atoms with Gasteiger partial charge in [-0.05, 0) is 37.0 Å². The zero-order valence-electron chi connectivity index (χ0n) is 8.39. The van der Waals surface area contributed by atoms with Gasteiger partial charge in [-0.1, -0.05) is 47.1 Å². The van der Waals surface area contributed by atoms with Crippen molar-refractivity contribution in [1.29, 1.82) is 0 Å². The SMILES string of the molecule is CCC=Cc1cc(C)c(Br)c(C)c1. The van der Waals surface area contributed by atoms with Gasteiger partial charge in [0.25, 0.3) is 0 Å². The van der Waals surface area contributed by atoms with Gasteiger partial charge < -0.3 is 0 Å². The number of benzene rings is 1. The maximum Gasteiger partial charge on any atom is 0.0234 e. The molecule has 0 amide bonds. The van der Waals surface area contributed by atoms with Crippen LogP contribution in [0.15, 0.2) is 22.7 Å². The van der Waals surface area contributed by atoms with Crippen LogP contribution in [0.5, 0.6) is 0 Å². The molecule has 0 heterocycles. The fourth-order valence-electron chi connectivity index (χ4n) is 1.33. The number of aryl methyl sites for hydroxylation is 2. The third-order valence-corrected chi connectivity index (χ3v) is 3.26. The van der Waals surface area contributed by atoms with Crippen LogP contribution in [0.4, 0.5) is 0 Å². The lowest BCUT2D eigenvalue weighted by atomic mass is 10.1. The van der Waals surface area contributed by atoms with E-state index in [9.17, 15) is 0 Å². The molecule has 0 nitrogen and oxygen atoms in total. The summed E-state index contributed by atoms with van der Waals surface area (Å²) in [5.41, 5.74) is 3.89. The molecular weight excluding hydrogens is 224 g/mol. The van der Waals surface area contributed by atoms with E-state index in [1.165, 1.54) is 21.2 Å². The Morgan fingerprint density at radius 3 is 2.23 bits per heavy atom. The van der Waals surface area contributed by atoms with E-state index in [0.29, 0.717) is 0 Å². The number of hydrogen-bond acceptors (Lipinski definition) is 0. The van der Waals surface area contributed by atoms with Crippen LogP contribution >= 0.6 is 15.9 Å². The second kappa shape index (κ2) is 4.61. The average Bonchev–Trinajstić information content (AvgIpc) is 2.10. The van der Waals surface area contributed by atoms with Crippen LogP contribution in [-0.2, 0) is 0 Å². The Labute approximate surface area is 88.8 Å². The molecule has 13 heavy (non-hydrogen) atoms. The highest BCUT2D eigenvalue weighted by Gasteiger charge is 1.99. The van der Waals surface area contributed by atoms with Crippen molar-refractivity contribution in [2.24, 2.45) is 0 Å². The third kappa shape index (κ3) is 2.70. The lowest BCUT2D eigenvalue weighted by Gasteiger charge is -2.04. The fourth-order valence-corrected chi connectivity index (χ4v) is 1.56. The Morgan fingerprint density at radius 2 is 1.77 bits per heavy atom. The fraction of sp³-hybridized carbons (Fsp3) is 0.333. The molecule has 0 aliphatic carbocycles. The molecule has 0 N–H and O–H groups in total. The average molecular weight is 239 g/mol. The topological polar surface area (TPSA) is 0 Å². The van der Waals surface area contributed by atoms with Crippen molar-refractivity contribution in [3.63, 3.8) is 0 Å². The highest BCUT2D eigenvalue weighted by atomic mass is 79.9. The standard InChI is InChI=1S/C12H15Br/c1-4-5-6-11-7-9(2)12(13)10(3)8-11/h5-8H,4H2,1-3H3. The van der Waals surface area contributed by atoms with E-state index in [2.05, 4.69) is 61.0 Å². The molecule has 1 aromatic rings. The summed E-state index contributed by atoms with van der Waals surface area (Å²) in [7, 11) is 0. The van der Waals surface area contributed by atoms with Gasteiger partial charge in [0.1, 0.15) is 0 Å². The Hall–Kier alpha value is -0.560. The van der Waals surface area contributed by atoms with Crippen LogP contribution in [0, 0.1) is 13.8 Å². The van der Waals surface area contributed by atoms with Crippen LogP contribution in [0.1, 0.15) is 30.0 Å². The Balaban J connectivity index is 3.06. The largest absolute Gasteiger partial charge is 0.0842 e. The number of rotatable bonds is 2. The summed E-state index contributed by atoms with van der Waals surface area (Å²) in [4.78, 5) is 0. The third-order valence-electron chi connectivity index (χ3n) is 2.00. The monoisotopic (exact) mass is 238 g/mol. The number of hydrogen-bond donors (Lipinski definition) is 0. The molecule has 1 rings (SSSR count). The minimum Gasteiger partial charge on any atom is -0.0842 e. The molecule has 0 aliphatic heterocycles. The summed E-state index contributed by atoms with van der Waals surface area (Å²) in [5.74, 6) is 0. The van der Waals surface area contributed by atoms with Crippen LogP contribution in [-0.4, -0.2) is 0 Å². The van der Waals surface area contributed by atoms with Gasteiger partial charge in [0, 0.05) is 4.47 Å². The molecule has 0 fully saturated rings. The number of halogens is 1. The van der Waals surface area contributed by atoms with Crippen LogP contribution in [0.2, 0.25) is 0 Å². The highest BCUT2D eigenvalue weighted by Crippen LogP contribution is 2.23. The number of allylic oxidation sites excluding steroid dienone is 1. The minimum atomic E-state index is 1.09. The van der Waals surface area contributed by atoms with Crippen molar-refractivity contribution in [2.45, 2.75) is 27.2 Å². The predicted octanol–water partition coefficient (Wildman–Crippen LogP) is 4.49. The molecule has 0 atom stereocenters. The molecule has 0 aromatic heterocycles. The van der Waals surface area contributed by atoms with Gasteiger partial charge >= 0.3 is 0 Å². The molecule has 0 unspecified atom stereocenters. The summed E-state index contributed by atoms with van der Waals surface area (Å²) >= 11 is 3.56. The van der Waals surface area contributed by atoms with E-state index in [-0.39, 0.29) is 0 Å². The summed E-state index contributed by atoms with van der Waals surface area (Å²) in [6, 6.07) is 4.40. The van der Waals surface area contributed by atoms with Gasteiger partial charge in [0.15, 0.2) is 0 Å². The van der Waals surface area contributed by atoms with Gasteiger partial charge in [0.05, 0.1) is 0 Å². The Kier molecular flexibility index (Phi) is 3.73. The first-order valence-electron chi connectivity index (χ1n) is 4.58. The van der Waals surface area contributed by atoms with Crippen molar-refractivity contribution in [3.8, 4) is 0 Å². The van der Waals surface area contributed by atoms with Crippen molar-refractivity contribution >= 4 is 22.0 Å².